The minimum absolute atomic E-state index is 0.112. The van der Waals surface area contributed by atoms with Crippen molar-refractivity contribution < 1.29 is 31.1 Å². The molecular formula is C20H20F6OS2. The summed E-state index contributed by atoms with van der Waals surface area (Å²) in [7, 11) is 0. The predicted molar refractivity (Wildman–Crippen MR) is 106 cm³/mol. The summed E-state index contributed by atoms with van der Waals surface area (Å²) in [5.41, 5.74) is -7.48. The van der Waals surface area contributed by atoms with Gasteiger partial charge in [-0.05, 0) is 47.5 Å². The van der Waals surface area contributed by atoms with Crippen molar-refractivity contribution in [1.29, 1.82) is 0 Å². The molecule has 0 spiro atoms. The van der Waals surface area contributed by atoms with Gasteiger partial charge in [0.05, 0.1) is 13.2 Å². The van der Waals surface area contributed by atoms with Gasteiger partial charge in [-0.15, -0.1) is 0 Å². The molecule has 1 nitrogen and oxygen atoms in total. The van der Waals surface area contributed by atoms with Crippen LogP contribution in [0.2, 0.25) is 0 Å². The molecule has 0 bridgehead atoms. The molecular weight excluding hydrogens is 434 g/mol. The fourth-order valence-corrected chi connectivity index (χ4v) is 4.37. The number of halogens is 6. The van der Waals surface area contributed by atoms with Crippen LogP contribution in [0.1, 0.15) is 11.1 Å². The Kier molecular flexibility index (Phi) is 9.23. The second-order valence-electron chi connectivity index (χ2n) is 6.29. The Morgan fingerprint density at radius 3 is 1.28 bits per heavy atom. The number of thioether (sulfide) groups is 2. The van der Waals surface area contributed by atoms with Crippen LogP contribution in [0.25, 0.3) is 0 Å². The minimum atomic E-state index is -4.45. The lowest BCUT2D eigenvalue weighted by atomic mass is 10.1. The van der Waals surface area contributed by atoms with E-state index in [-0.39, 0.29) is 49.6 Å². The average Bonchev–Trinajstić information content (AvgIpc) is 2.60. The fourth-order valence-electron chi connectivity index (χ4n) is 2.73. The molecule has 160 valence electrons. The molecule has 2 atom stereocenters. The van der Waals surface area contributed by atoms with Crippen LogP contribution in [-0.2, 0) is 17.6 Å². The Hall–Kier alpha value is -1.32. The van der Waals surface area contributed by atoms with E-state index in [9.17, 15) is 26.3 Å². The zero-order chi connectivity index (χ0) is 21.3. The highest BCUT2D eigenvalue weighted by Gasteiger charge is 2.35. The number of ether oxygens (including phenoxy) is 1. The third-order valence-corrected chi connectivity index (χ3v) is 5.63. The monoisotopic (exact) mass is 454 g/mol. The zero-order valence-corrected chi connectivity index (χ0v) is 16.9. The highest BCUT2D eigenvalue weighted by atomic mass is 32.2. The maximum absolute atomic E-state index is 12.9. The summed E-state index contributed by atoms with van der Waals surface area (Å²) in [6, 6.07) is 17.3. The van der Waals surface area contributed by atoms with Crippen LogP contribution in [0.4, 0.5) is 26.3 Å². The highest BCUT2D eigenvalue weighted by Crippen LogP contribution is 2.37. The Morgan fingerprint density at radius 1 is 0.621 bits per heavy atom. The second kappa shape index (κ2) is 11.2. The van der Waals surface area contributed by atoms with Crippen LogP contribution in [0.5, 0.6) is 0 Å². The topological polar surface area (TPSA) is 9.23 Å². The predicted octanol–water partition coefficient (Wildman–Crippen LogP) is 6.73. The molecule has 9 heteroatoms. The van der Waals surface area contributed by atoms with Crippen molar-refractivity contribution in [2.75, 3.05) is 13.2 Å². The molecule has 0 fully saturated rings. The van der Waals surface area contributed by atoms with Crippen LogP contribution in [0.15, 0.2) is 60.7 Å². The van der Waals surface area contributed by atoms with E-state index in [4.69, 9.17) is 4.74 Å². The smallest absolute Gasteiger partial charge is 0.379 e. The lowest BCUT2D eigenvalue weighted by Crippen LogP contribution is -2.25. The molecule has 0 saturated carbocycles. The van der Waals surface area contributed by atoms with E-state index in [0.717, 1.165) is 0 Å². The van der Waals surface area contributed by atoms with Crippen molar-refractivity contribution in [2.45, 2.75) is 34.4 Å². The second-order valence-corrected chi connectivity index (χ2v) is 9.02. The van der Waals surface area contributed by atoms with Crippen LogP contribution in [-0.4, -0.2) is 34.7 Å². The zero-order valence-electron chi connectivity index (χ0n) is 15.2. The minimum Gasteiger partial charge on any atom is -0.379 e. The lowest BCUT2D eigenvalue weighted by Gasteiger charge is -2.22. The van der Waals surface area contributed by atoms with Gasteiger partial charge in [0.25, 0.3) is 0 Å². The van der Waals surface area contributed by atoms with Gasteiger partial charge < -0.3 is 4.74 Å². The third-order valence-electron chi connectivity index (χ3n) is 3.82. The van der Waals surface area contributed by atoms with E-state index < -0.39 is 21.5 Å². The summed E-state index contributed by atoms with van der Waals surface area (Å²) in [4.78, 5) is 0. The van der Waals surface area contributed by atoms with E-state index in [1.54, 1.807) is 60.7 Å². The van der Waals surface area contributed by atoms with Gasteiger partial charge in [-0.3, -0.25) is 0 Å². The van der Waals surface area contributed by atoms with Gasteiger partial charge in [-0.2, -0.15) is 26.3 Å². The first-order valence-corrected chi connectivity index (χ1v) is 10.5. The molecule has 0 aliphatic carbocycles. The van der Waals surface area contributed by atoms with Crippen molar-refractivity contribution in [2.24, 2.45) is 0 Å². The van der Waals surface area contributed by atoms with E-state index in [1.165, 1.54) is 0 Å². The lowest BCUT2D eigenvalue weighted by molar-refractivity contribution is -0.0341. The van der Waals surface area contributed by atoms with Crippen LogP contribution >= 0.6 is 23.5 Å². The molecule has 2 aromatic rings. The normalized spacial score (nSPS) is 14.6. The van der Waals surface area contributed by atoms with Gasteiger partial charge in [0.15, 0.2) is 0 Å². The molecule has 0 radical (unpaired) electrons. The van der Waals surface area contributed by atoms with Crippen LogP contribution < -0.4 is 0 Å². The van der Waals surface area contributed by atoms with Gasteiger partial charge >= 0.3 is 11.0 Å². The summed E-state index contributed by atoms with van der Waals surface area (Å²) >= 11 is -0.377. The molecule has 29 heavy (non-hydrogen) atoms. The first-order valence-electron chi connectivity index (χ1n) is 8.75. The number of alkyl halides is 6. The number of hydrogen-bond donors (Lipinski definition) is 0. The van der Waals surface area contributed by atoms with Gasteiger partial charge in [0.1, 0.15) is 0 Å². The summed E-state index contributed by atoms with van der Waals surface area (Å²) in [5.74, 6) is 0. The Labute approximate surface area is 174 Å². The first-order chi connectivity index (χ1) is 13.6. The van der Waals surface area contributed by atoms with Crippen molar-refractivity contribution in [1.82, 2.24) is 0 Å². The van der Waals surface area contributed by atoms with Gasteiger partial charge in [-0.1, -0.05) is 60.7 Å². The largest absolute Gasteiger partial charge is 0.442 e. The molecule has 2 rings (SSSR count). The van der Waals surface area contributed by atoms with Crippen molar-refractivity contribution in [3.63, 3.8) is 0 Å². The molecule has 0 heterocycles. The molecule has 2 aromatic carbocycles. The number of rotatable bonds is 10. The maximum Gasteiger partial charge on any atom is 0.442 e. The van der Waals surface area contributed by atoms with Crippen LogP contribution in [0, 0.1) is 0 Å². The van der Waals surface area contributed by atoms with Crippen molar-refractivity contribution in [3.8, 4) is 0 Å². The molecule has 2 unspecified atom stereocenters. The SMILES string of the molecule is FC(F)(F)SC(COCC(Cc1ccccc1)SC(F)(F)F)Cc1ccccc1. The maximum atomic E-state index is 12.9. The summed E-state index contributed by atoms with van der Waals surface area (Å²) in [6.07, 6.45) is 0.224. The summed E-state index contributed by atoms with van der Waals surface area (Å²) < 4.78 is 82.5. The Bertz CT molecular complexity index is 645. The van der Waals surface area contributed by atoms with Gasteiger partial charge in [0.2, 0.25) is 0 Å². The van der Waals surface area contributed by atoms with Gasteiger partial charge in [-0.25, -0.2) is 0 Å². The van der Waals surface area contributed by atoms with E-state index in [1.807, 2.05) is 0 Å². The molecule has 0 aromatic heterocycles. The van der Waals surface area contributed by atoms with E-state index in [2.05, 4.69) is 0 Å². The van der Waals surface area contributed by atoms with Crippen molar-refractivity contribution >= 4 is 23.5 Å². The van der Waals surface area contributed by atoms with E-state index in [0.29, 0.717) is 11.1 Å². The highest BCUT2D eigenvalue weighted by molar-refractivity contribution is 8.01. The molecule has 0 amide bonds. The van der Waals surface area contributed by atoms with Gasteiger partial charge in [0, 0.05) is 10.5 Å². The molecule has 0 N–H and O–H groups in total. The average molecular weight is 455 g/mol. The summed E-state index contributed by atoms with van der Waals surface area (Å²) in [6.45, 7) is -0.578. The third kappa shape index (κ3) is 10.9. The summed E-state index contributed by atoms with van der Waals surface area (Å²) in [5, 5.41) is -1.88. The fraction of sp³-hybridized carbons (Fsp3) is 0.400. The number of hydrogen-bond acceptors (Lipinski definition) is 3. The Balaban J connectivity index is 1.96. The molecule has 0 aliphatic rings. The quantitative estimate of drug-likeness (QED) is 0.368. The standard InChI is InChI=1S/C20H20F6OS2/c21-19(22,23)28-17(11-15-7-3-1-4-8-15)13-27-14-18(29-20(24,25)26)12-16-9-5-2-6-10-16/h1-10,17-18H,11-14H2. The van der Waals surface area contributed by atoms with Crippen molar-refractivity contribution in [3.05, 3.63) is 71.8 Å². The Morgan fingerprint density at radius 2 is 0.966 bits per heavy atom. The van der Waals surface area contributed by atoms with Crippen LogP contribution in [0.3, 0.4) is 0 Å². The number of benzene rings is 2. The first kappa shape index (κ1) is 24.0. The molecule has 0 saturated heterocycles. The molecule has 0 aliphatic heterocycles. The van der Waals surface area contributed by atoms with E-state index >= 15 is 0 Å².